The van der Waals surface area contributed by atoms with E-state index in [0.717, 1.165) is 10.9 Å². The Kier molecular flexibility index (Phi) is 3.42. The van der Waals surface area contributed by atoms with Gasteiger partial charge in [0.05, 0.1) is 30.5 Å². The SMILES string of the molecule is Nc1ccc2cnn(-c3cncc(-n4ccc(CC(=O)O)c4)n3)c2c1. The molecule has 0 saturated carbocycles. The van der Waals surface area contributed by atoms with Crippen molar-refractivity contribution in [3.05, 3.63) is 60.8 Å². The minimum absolute atomic E-state index is 0.0385. The molecule has 0 unspecified atom stereocenters. The van der Waals surface area contributed by atoms with Crippen molar-refractivity contribution in [1.82, 2.24) is 24.3 Å². The molecular formula is C17H14N6O2. The standard InChI is InChI=1S/C17H14N6O2/c18-13-2-1-12-7-20-23(14(12)6-13)16-9-19-8-15(21-16)22-4-3-11(10-22)5-17(24)25/h1-4,6-10H,5,18H2,(H,24,25). The Balaban J connectivity index is 1.75. The van der Waals surface area contributed by atoms with Gasteiger partial charge in [-0.2, -0.15) is 5.10 Å². The maximum atomic E-state index is 10.8. The number of fused-ring (bicyclic) bond motifs is 1. The second-order valence-corrected chi connectivity index (χ2v) is 5.61. The fraction of sp³-hybridized carbons (Fsp3) is 0.0588. The molecule has 0 radical (unpaired) electrons. The van der Waals surface area contributed by atoms with Gasteiger partial charge in [0.15, 0.2) is 11.6 Å². The van der Waals surface area contributed by atoms with Crippen LogP contribution in [0.3, 0.4) is 0 Å². The minimum atomic E-state index is -0.877. The highest BCUT2D eigenvalue weighted by Gasteiger charge is 2.09. The first-order chi connectivity index (χ1) is 12.1. The van der Waals surface area contributed by atoms with Crippen molar-refractivity contribution in [2.24, 2.45) is 0 Å². The van der Waals surface area contributed by atoms with E-state index in [-0.39, 0.29) is 6.42 Å². The summed E-state index contributed by atoms with van der Waals surface area (Å²) < 4.78 is 3.40. The Hall–Kier alpha value is -3.68. The molecular weight excluding hydrogens is 320 g/mol. The third-order valence-corrected chi connectivity index (χ3v) is 3.80. The molecule has 8 heteroatoms. The third kappa shape index (κ3) is 2.80. The number of benzene rings is 1. The molecule has 0 aliphatic carbocycles. The zero-order chi connectivity index (χ0) is 17.4. The van der Waals surface area contributed by atoms with Crippen LogP contribution in [0.4, 0.5) is 5.69 Å². The van der Waals surface area contributed by atoms with Gasteiger partial charge >= 0.3 is 5.97 Å². The van der Waals surface area contributed by atoms with E-state index in [0.29, 0.717) is 22.9 Å². The predicted octanol–water partition coefficient (Wildman–Crippen LogP) is 1.82. The van der Waals surface area contributed by atoms with Crippen LogP contribution in [0.15, 0.2) is 55.2 Å². The lowest BCUT2D eigenvalue weighted by Gasteiger charge is -2.06. The molecule has 0 saturated heterocycles. The lowest BCUT2D eigenvalue weighted by molar-refractivity contribution is -0.136. The van der Waals surface area contributed by atoms with Gasteiger partial charge < -0.3 is 15.4 Å². The Morgan fingerprint density at radius 2 is 2.00 bits per heavy atom. The van der Waals surface area contributed by atoms with Gasteiger partial charge in [-0.25, -0.2) is 9.67 Å². The summed E-state index contributed by atoms with van der Waals surface area (Å²) in [6.07, 6.45) is 8.40. The Labute approximate surface area is 142 Å². The van der Waals surface area contributed by atoms with Gasteiger partial charge in [-0.3, -0.25) is 9.78 Å². The lowest BCUT2D eigenvalue weighted by Crippen LogP contribution is -2.04. The number of nitrogens with two attached hydrogens (primary N) is 1. The highest BCUT2D eigenvalue weighted by Crippen LogP contribution is 2.20. The van der Waals surface area contributed by atoms with Gasteiger partial charge in [0.25, 0.3) is 0 Å². The number of carboxylic acid groups (broad SMARTS) is 1. The van der Waals surface area contributed by atoms with Crippen LogP contribution in [0.2, 0.25) is 0 Å². The first-order valence-electron chi connectivity index (χ1n) is 7.55. The maximum absolute atomic E-state index is 10.8. The predicted molar refractivity (Wildman–Crippen MR) is 91.7 cm³/mol. The molecule has 3 N–H and O–H groups in total. The van der Waals surface area contributed by atoms with Gasteiger partial charge in [0.1, 0.15) is 0 Å². The van der Waals surface area contributed by atoms with Crippen LogP contribution in [0.25, 0.3) is 22.5 Å². The van der Waals surface area contributed by atoms with Gasteiger partial charge in [-0.05, 0) is 29.8 Å². The van der Waals surface area contributed by atoms with E-state index in [2.05, 4.69) is 15.1 Å². The van der Waals surface area contributed by atoms with E-state index in [4.69, 9.17) is 10.8 Å². The van der Waals surface area contributed by atoms with E-state index in [9.17, 15) is 4.79 Å². The van der Waals surface area contributed by atoms with E-state index in [1.165, 1.54) is 0 Å². The lowest BCUT2D eigenvalue weighted by atomic mass is 10.2. The molecule has 0 amide bonds. The van der Waals surface area contributed by atoms with Crippen LogP contribution in [0.5, 0.6) is 0 Å². The Morgan fingerprint density at radius 1 is 1.16 bits per heavy atom. The summed E-state index contributed by atoms with van der Waals surface area (Å²) in [5.41, 5.74) is 8.04. The fourth-order valence-corrected chi connectivity index (χ4v) is 2.65. The first kappa shape index (κ1) is 14.9. The number of carboxylic acids is 1. The Morgan fingerprint density at radius 3 is 2.84 bits per heavy atom. The van der Waals surface area contributed by atoms with Gasteiger partial charge in [-0.1, -0.05) is 0 Å². The average molecular weight is 334 g/mol. The van der Waals surface area contributed by atoms with E-state index in [1.807, 2.05) is 18.2 Å². The van der Waals surface area contributed by atoms with Gasteiger partial charge in [-0.15, -0.1) is 0 Å². The van der Waals surface area contributed by atoms with Crippen molar-refractivity contribution in [3.63, 3.8) is 0 Å². The Bertz CT molecular complexity index is 1080. The molecule has 25 heavy (non-hydrogen) atoms. The summed E-state index contributed by atoms with van der Waals surface area (Å²) >= 11 is 0. The number of anilines is 1. The van der Waals surface area contributed by atoms with Crippen LogP contribution in [-0.2, 0) is 11.2 Å². The molecule has 0 aliphatic rings. The highest BCUT2D eigenvalue weighted by atomic mass is 16.4. The summed E-state index contributed by atoms with van der Waals surface area (Å²) in [6, 6.07) is 7.29. The molecule has 8 nitrogen and oxygen atoms in total. The monoisotopic (exact) mass is 334 g/mol. The smallest absolute Gasteiger partial charge is 0.307 e. The number of nitrogen functional groups attached to an aromatic ring is 1. The number of aliphatic carboxylic acids is 1. The zero-order valence-electron chi connectivity index (χ0n) is 13.1. The number of aromatic nitrogens is 5. The van der Waals surface area contributed by atoms with E-state index in [1.54, 1.807) is 46.3 Å². The molecule has 0 fully saturated rings. The molecule has 0 aliphatic heterocycles. The van der Waals surface area contributed by atoms with Crippen molar-refractivity contribution >= 4 is 22.6 Å². The largest absolute Gasteiger partial charge is 0.481 e. The summed E-state index contributed by atoms with van der Waals surface area (Å²) in [5.74, 6) is 0.242. The molecule has 4 rings (SSSR count). The molecule has 0 atom stereocenters. The van der Waals surface area contributed by atoms with Crippen molar-refractivity contribution in [2.75, 3.05) is 5.73 Å². The number of rotatable bonds is 4. The topological polar surface area (TPSA) is 112 Å². The van der Waals surface area contributed by atoms with E-state index < -0.39 is 5.97 Å². The van der Waals surface area contributed by atoms with Crippen molar-refractivity contribution < 1.29 is 9.90 Å². The number of nitrogens with zero attached hydrogens (tertiary/aromatic N) is 5. The van der Waals surface area contributed by atoms with Crippen LogP contribution >= 0.6 is 0 Å². The van der Waals surface area contributed by atoms with Gasteiger partial charge in [0, 0.05) is 23.5 Å². The summed E-state index contributed by atoms with van der Waals surface area (Å²) in [6.45, 7) is 0. The number of hydrogen-bond donors (Lipinski definition) is 2. The van der Waals surface area contributed by atoms with Crippen molar-refractivity contribution in [2.45, 2.75) is 6.42 Å². The quantitative estimate of drug-likeness (QED) is 0.551. The molecule has 1 aromatic carbocycles. The van der Waals surface area contributed by atoms with Crippen LogP contribution < -0.4 is 5.73 Å². The van der Waals surface area contributed by atoms with Crippen LogP contribution in [-0.4, -0.2) is 35.4 Å². The number of carbonyl (C=O) groups is 1. The minimum Gasteiger partial charge on any atom is -0.481 e. The average Bonchev–Trinajstić information content (AvgIpc) is 3.21. The summed E-state index contributed by atoms with van der Waals surface area (Å²) in [5, 5.41) is 14.2. The number of hydrogen-bond acceptors (Lipinski definition) is 5. The summed E-state index contributed by atoms with van der Waals surface area (Å²) in [7, 11) is 0. The molecule has 4 aromatic rings. The molecule has 0 spiro atoms. The van der Waals surface area contributed by atoms with Crippen molar-refractivity contribution in [3.8, 4) is 11.6 Å². The van der Waals surface area contributed by atoms with Gasteiger partial charge in [0.2, 0.25) is 0 Å². The van der Waals surface area contributed by atoms with Crippen LogP contribution in [0.1, 0.15) is 5.56 Å². The highest BCUT2D eigenvalue weighted by molar-refractivity contribution is 5.83. The first-order valence-corrected chi connectivity index (χ1v) is 7.55. The molecule has 0 bridgehead atoms. The van der Waals surface area contributed by atoms with E-state index >= 15 is 0 Å². The second kappa shape index (κ2) is 5.75. The molecule has 3 aromatic heterocycles. The summed E-state index contributed by atoms with van der Waals surface area (Å²) in [4.78, 5) is 19.6. The fourth-order valence-electron chi connectivity index (χ4n) is 2.65. The van der Waals surface area contributed by atoms with Crippen molar-refractivity contribution in [1.29, 1.82) is 0 Å². The zero-order valence-corrected chi connectivity index (χ0v) is 13.1. The normalized spacial score (nSPS) is 11.0. The molecule has 3 heterocycles. The maximum Gasteiger partial charge on any atom is 0.307 e. The second-order valence-electron chi connectivity index (χ2n) is 5.61. The van der Waals surface area contributed by atoms with Crippen LogP contribution in [0, 0.1) is 0 Å². The molecule has 124 valence electrons. The third-order valence-electron chi connectivity index (χ3n) is 3.80.